The molecule has 1 amide bonds. The van der Waals surface area contributed by atoms with Crippen molar-refractivity contribution in [2.24, 2.45) is 5.92 Å². The predicted octanol–water partition coefficient (Wildman–Crippen LogP) is 2.62. The first-order valence-corrected chi connectivity index (χ1v) is 6.50. The molecule has 1 saturated carbocycles. The third-order valence-corrected chi connectivity index (χ3v) is 3.65. The lowest BCUT2D eigenvalue weighted by molar-refractivity contribution is -0.122. The number of carbonyl (C=O) groups excluding carboxylic acids is 1. The average Bonchev–Trinajstić information content (AvgIpc) is 2.29. The molecule has 1 fully saturated rings. The largest absolute Gasteiger partial charge is 0.479 e. The van der Waals surface area contributed by atoms with Crippen LogP contribution in [0.2, 0.25) is 0 Å². The van der Waals surface area contributed by atoms with Crippen molar-refractivity contribution in [1.29, 1.82) is 0 Å². The Balaban J connectivity index is 1.74. The van der Waals surface area contributed by atoms with Gasteiger partial charge in [-0.2, -0.15) is 0 Å². The van der Waals surface area contributed by atoms with Crippen LogP contribution in [-0.4, -0.2) is 18.1 Å². The molecule has 0 saturated heterocycles. The summed E-state index contributed by atoms with van der Waals surface area (Å²) < 4.78 is 5.52. The Labute approximate surface area is 107 Å². The molecule has 0 spiro atoms. The molecule has 1 heterocycles. The first-order chi connectivity index (χ1) is 8.61. The van der Waals surface area contributed by atoms with Crippen molar-refractivity contribution < 1.29 is 9.53 Å². The molecule has 0 bridgehead atoms. The van der Waals surface area contributed by atoms with E-state index in [0.29, 0.717) is 6.04 Å². The first kappa shape index (κ1) is 11.4. The van der Waals surface area contributed by atoms with Crippen molar-refractivity contribution in [3.05, 3.63) is 18.2 Å². The van der Waals surface area contributed by atoms with Gasteiger partial charge in [-0.15, -0.1) is 0 Å². The summed E-state index contributed by atoms with van der Waals surface area (Å²) in [4.78, 5) is 11.5. The monoisotopic (exact) mass is 246 g/mol. The summed E-state index contributed by atoms with van der Waals surface area (Å²) in [5.41, 5.74) is 1.81. The second-order valence-corrected chi connectivity index (χ2v) is 5.38. The van der Waals surface area contributed by atoms with E-state index >= 15 is 0 Å². The molecular weight excluding hydrogens is 228 g/mol. The van der Waals surface area contributed by atoms with Crippen molar-refractivity contribution in [2.75, 3.05) is 10.6 Å². The average molecular weight is 246 g/mol. The predicted molar refractivity (Wildman–Crippen MR) is 71.0 cm³/mol. The first-order valence-electron chi connectivity index (χ1n) is 6.50. The molecule has 4 nitrogen and oxygen atoms in total. The van der Waals surface area contributed by atoms with Gasteiger partial charge in [0.25, 0.3) is 5.91 Å². The van der Waals surface area contributed by atoms with Gasteiger partial charge in [-0.25, -0.2) is 0 Å². The molecule has 3 rings (SSSR count). The molecule has 2 N–H and O–H groups in total. The van der Waals surface area contributed by atoms with Crippen molar-refractivity contribution in [1.82, 2.24) is 0 Å². The lowest BCUT2D eigenvalue weighted by Crippen LogP contribution is -2.35. The third-order valence-electron chi connectivity index (χ3n) is 3.65. The lowest BCUT2D eigenvalue weighted by Gasteiger charge is -2.34. The molecule has 0 aromatic heterocycles. The van der Waals surface area contributed by atoms with Crippen molar-refractivity contribution in [3.63, 3.8) is 0 Å². The maximum absolute atomic E-state index is 11.5. The molecule has 1 unspecified atom stereocenters. The zero-order chi connectivity index (χ0) is 12.7. The van der Waals surface area contributed by atoms with Crippen LogP contribution in [0, 0.1) is 5.92 Å². The molecule has 96 valence electrons. The third kappa shape index (κ3) is 2.03. The van der Waals surface area contributed by atoms with Crippen LogP contribution < -0.4 is 15.4 Å². The Morgan fingerprint density at radius 1 is 1.33 bits per heavy atom. The van der Waals surface area contributed by atoms with Crippen molar-refractivity contribution >= 4 is 17.3 Å². The molecular formula is C14H18N2O2. The summed E-state index contributed by atoms with van der Waals surface area (Å²) >= 11 is 0. The van der Waals surface area contributed by atoms with E-state index in [2.05, 4.69) is 17.6 Å². The number of anilines is 2. The van der Waals surface area contributed by atoms with Gasteiger partial charge in [0, 0.05) is 11.7 Å². The highest BCUT2D eigenvalue weighted by Gasteiger charge is 2.26. The zero-order valence-corrected chi connectivity index (χ0v) is 10.7. The maximum Gasteiger partial charge on any atom is 0.265 e. The second kappa shape index (κ2) is 4.19. The van der Waals surface area contributed by atoms with Crippen LogP contribution in [0.5, 0.6) is 5.75 Å². The van der Waals surface area contributed by atoms with Gasteiger partial charge in [0.05, 0.1) is 5.69 Å². The molecule has 18 heavy (non-hydrogen) atoms. The highest BCUT2D eigenvalue weighted by atomic mass is 16.5. The fourth-order valence-electron chi connectivity index (χ4n) is 2.55. The Kier molecular flexibility index (Phi) is 2.65. The Morgan fingerprint density at radius 2 is 2.11 bits per heavy atom. The van der Waals surface area contributed by atoms with E-state index in [-0.39, 0.29) is 5.91 Å². The van der Waals surface area contributed by atoms with E-state index in [1.807, 2.05) is 18.2 Å². The van der Waals surface area contributed by atoms with Gasteiger partial charge in [0.2, 0.25) is 0 Å². The van der Waals surface area contributed by atoms with E-state index < -0.39 is 6.10 Å². The summed E-state index contributed by atoms with van der Waals surface area (Å²) in [7, 11) is 0. The van der Waals surface area contributed by atoms with Gasteiger partial charge < -0.3 is 15.4 Å². The fourth-order valence-corrected chi connectivity index (χ4v) is 2.55. The van der Waals surface area contributed by atoms with Crippen LogP contribution in [0.3, 0.4) is 0 Å². The molecule has 1 aliphatic carbocycles. The van der Waals surface area contributed by atoms with E-state index in [4.69, 9.17) is 4.74 Å². The van der Waals surface area contributed by atoms with Crippen LogP contribution in [-0.2, 0) is 4.79 Å². The lowest BCUT2D eigenvalue weighted by atomic mass is 9.82. The number of hydrogen-bond donors (Lipinski definition) is 2. The number of amides is 1. The highest BCUT2D eigenvalue weighted by Crippen LogP contribution is 2.34. The Hall–Kier alpha value is -1.71. The summed E-state index contributed by atoms with van der Waals surface area (Å²) in [5, 5.41) is 6.34. The van der Waals surface area contributed by atoms with Gasteiger partial charge in [-0.3, -0.25) is 4.79 Å². The smallest absolute Gasteiger partial charge is 0.265 e. The number of benzene rings is 1. The van der Waals surface area contributed by atoms with E-state index in [1.54, 1.807) is 6.92 Å². The van der Waals surface area contributed by atoms with E-state index in [9.17, 15) is 4.79 Å². The molecule has 1 atom stereocenters. The topological polar surface area (TPSA) is 50.4 Å². The molecule has 4 heteroatoms. The minimum Gasteiger partial charge on any atom is -0.479 e. The number of nitrogens with one attached hydrogen (secondary N) is 2. The minimum absolute atomic E-state index is 0.0862. The van der Waals surface area contributed by atoms with E-state index in [1.165, 1.54) is 12.8 Å². The normalized spacial score (nSPS) is 29.7. The summed E-state index contributed by atoms with van der Waals surface area (Å²) in [6.07, 6.45) is 2.03. The van der Waals surface area contributed by atoms with Crippen LogP contribution in [0.1, 0.15) is 26.7 Å². The summed E-state index contributed by atoms with van der Waals surface area (Å²) in [5.74, 6) is 1.48. The number of fused-ring (bicyclic) bond motifs is 1. The maximum atomic E-state index is 11.5. The Bertz CT molecular complexity index is 481. The fraction of sp³-hybridized carbons (Fsp3) is 0.500. The van der Waals surface area contributed by atoms with Crippen molar-refractivity contribution in [2.45, 2.75) is 38.8 Å². The standard InChI is InChI=1S/C14H18N2O2/c1-8-5-11(6-8)15-10-3-4-13-12(7-10)16-14(17)9(2)18-13/h3-4,7-9,11,15H,5-6H2,1-2H3,(H,16,17). The number of rotatable bonds is 2. The van der Waals surface area contributed by atoms with E-state index in [0.717, 1.165) is 23.0 Å². The zero-order valence-electron chi connectivity index (χ0n) is 10.7. The Morgan fingerprint density at radius 3 is 2.83 bits per heavy atom. The van der Waals surface area contributed by atoms with Gasteiger partial charge in [0.15, 0.2) is 6.10 Å². The van der Waals surface area contributed by atoms with Gasteiger partial charge >= 0.3 is 0 Å². The van der Waals surface area contributed by atoms with Gasteiger partial charge in [-0.1, -0.05) is 6.92 Å². The van der Waals surface area contributed by atoms with Crippen LogP contribution in [0.4, 0.5) is 11.4 Å². The van der Waals surface area contributed by atoms with Crippen molar-refractivity contribution in [3.8, 4) is 5.75 Å². The SMILES string of the molecule is CC1CC(Nc2ccc3c(c2)NC(=O)C(C)O3)C1. The molecule has 0 radical (unpaired) electrons. The summed E-state index contributed by atoms with van der Waals surface area (Å²) in [6.45, 7) is 4.01. The molecule has 1 aliphatic heterocycles. The van der Waals surface area contributed by atoms with Gasteiger partial charge in [0.1, 0.15) is 5.75 Å². The minimum atomic E-state index is -0.413. The molecule has 2 aliphatic rings. The molecule has 1 aromatic rings. The quantitative estimate of drug-likeness (QED) is 0.843. The highest BCUT2D eigenvalue weighted by molar-refractivity contribution is 5.98. The summed E-state index contributed by atoms with van der Waals surface area (Å²) in [6, 6.07) is 6.43. The van der Waals surface area contributed by atoms with Crippen LogP contribution in [0.15, 0.2) is 18.2 Å². The van der Waals surface area contributed by atoms with Crippen LogP contribution >= 0.6 is 0 Å². The number of ether oxygens (including phenoxy) is 1. The molecule has 1 aromatic carbocycles. The van der Waals surface area contributed by atoms with Crippen LogP contribution in [0.25, 0.3) is 0 Å². The number of hydrogen-bond acceptors (Lipinski definition) is 3. The number of carbonyl (C=O) groups is 1. The second-order valence-electron chi connectivity index (χ2n) is 5.38. The van der Waals surface area contributed by atoms with Gasteiger partial charge in [-0.05, 0) is 43.9 Å².